The van der Waals surface area contributed by atoms with E-state index < -0.39 is 0 Å². The lowest BCUT2D eigenvalue weighted by Crippen LogP contribution is -2.30. The first-order chi connectivity index (χ1) is 8.19. The van der Waals surface area contributed by atoms with Crippen LogP contribution in [0.1, 0.15) is 12.8 Å². The molecule has 0 bridgehead atoms. The van der Waals surface area contributed by atoms with Gasteiger partial charge in [0, 0.05) is 12.1 Å². The lowest BCUT2D eigenvalue weighted by molar-refractivity contribution is -0.123. The molecule has 1 aliphatic carbocycles. The summed E-state index contributed by atoms with van der Waals surface area (Å²) in [5.41, 5.74) is 6.22. The molecule has 0 saturated heterocycles. The molecule has 3 N–H and O–H groups in total. The Labute approximate surface area is 99.9 Å². The Bertz CT molecular complexity index is 416. The Hall–Kier alpha value is -1.91. The Morgan fingerprint density at radius 2 is 2.29 bits per heavy atom. The van der Waals surface area contributed by atoms with Gasteiger partial charge in [0.1, 0.15) is 11.5 Å². The van der Waals surface area contributed by atoms with Crippen molar-refractivity contribution in [2.75, 3.05) is 19.5 Å². The van der Waals surface area contributed by atoms with Crippen molar-refractivity contribution in [3.63, 3.8) is 0 Å². The van der Waals surface area contributed by atoms with E-state index in [4.69, 9.17) is 15.2 Å². The van der Waals surface area contributed by atoms with Crippen molar-refractivity contribution >= 4 is 11.6 Å². The van der Waals surface area contributed by atoms with Crippen LogP contribution >= 0.6 is 0 Å². The molecule has 1 saturated carbocycles. The van der Waals surface area contributed by atoms with Gasteiger partial charge in [-0.25, -0.2) is 0 Å². The third-order valence-corrected chi connectivity index (χ3v) is 2.52. The van der Waals surface area contributed by atoms with Gasteiger partial charge >= 0.3 is 0 Å². The monoisotopic (exact) mass is 236 g/mol. The summed E-state index contributed by atoms with van der Waals surface area (Å²) in [5.74, 6) is 1.05. The number of benzene rings is 1. The number of hydrogen-bond acceptors (Lipinski definition) is 4. The van der Waals surface area contributed by atoms with Crippen LogP contribution in [0.25, 0.3) is 0 Å². The van der Waals surface area contributed by atoms with Gasteiger partial charge in [-0.2, -0.15) is 0 Å². The minimum Gasteiger partial charge on any atom is -0.497 e. The number of carbonyl (C=O) groups excluding carboxylic acids is 1. The molecule has 0 radical (unpaired) electrons. The van der Waals surface area contributed by atoms with Gasteiger partial charge in [-0.05, 0) is 25.0 Å². The van der Waals surface area contributed by atoms with Crippen molar-refractivity contribution in [3.8, 4) is 11.5 Å². The van der Waals surface area contributed by atoms with Gasteiger partial charge in [0.15, 0.2) is 6.61 Å². The second kappa shape index (κ2) is 4.95. The maximum Gasteiger partial charge on any atom is 0.258 e. The molecule has 5 heteroatoms. The molecule has 1 aliphatic rings. The van der Waals surface area contributed by atoms with Crippen LogP contribution in [0.5, 0.6) is 11.5 Å². The molecular weight excluding hydrogens is 220 g/mol. The second-order valence-corrected chi connectivity index (χ2v) is 4.03. The molecule has 2 rings (SSSR count). The van der Waals surface area contributed by atoms with Gasteiger partial charge in [0.05, 0.1) is 12.8 Å². The highest BCUT2D eigenvalue weighted by atomic mass is 16.5. The molecule has 92 valence electrons. The van der Waals surface area contributed by atoms with Crippen molar-refractivity contribution in [1.82, 2.24) is 5.32 Å². The molecule has 0 heterocycles. The van der Waals surface area contributed by atoms with Gasteiger partial charge in [0.2, 0.25) is 0 Å². The highest BCUT2D eigenvalue weighted by Crippen LogP contribution is 2.26. The minimum atomic E-state index is -0.109. The van der Waals surface area contributed by atoms with Gasteiger partial charge in [-0.15, -0.1) is 0 Å². The lowest BCUT2D eigenvalue weighted by Gasteiger charge is -2.10. The van der Waals surface area contributed by atoms with E-state index in [1.165, 1.54) is 0 Å². The van der Waals surface area contributed by atoms with Crippen LogP contribution in [-0.4, -0.2) is 25.7 Å². The van der Waals surface area contributed by atoms with Crippen LogP contribution in [0.4, 0.5) is 5.69 Å². The zero-order valence-electron chi connectivity index (χ0n) is 9.73. The summed E-state index contributed by atoms with van der Waals surface area (Å²) < 4.78 is 10.4. The van der Waals surface area contributed by atoms with Crippen LogP contribution in [-0.2, 0) is 4.79 Å². The van der Waals surface area contributed by atoms with Crippen LogP contribution < -0.4 is 20.5 Å². The molecule has 17 heavy (non-hydrogen) atoms. The number of ether oxygens (including phenoxy) is 2. The summed E-state index contributed by atoms with van der Waals surface area (Å²) in [7, 11) is 1.57. The maximum atomic E-state index is 11.4. The molecule has 1 aromatic carbocycles. The van der Waals surface area contributed by atoms with Crippen molar-refractivity contribution in [3.05, 3.63) is 18.2 Å². The zero-order chi connectivity index (χ0) is 12.3. The van der Waals surface area contributed by atoms with Crippen LogP contribution in [0.3, 0.4) is 0 Å². The summed E-state index contributed by atoms with van der Waals surface area (Å²) in [6.45, 7) is -0.00692. The fourth-order valence-corrected chi connectivity index (χ4v) is 1.43. The van der Waals surface area contributed by atoms with E-state index in [1.54, 1.807) is 25.3 Å². The van der Waals surface area contributed by atoms with Crippen LogP contribution in [0.15, 0.2) is 18.2 Å². The molecule has 1 amide bonds. The quantitative estimate of drug-likeness (QED) is 0.746. The van der Waals surface area contributed by atoms with E-state index in [0.29, 0.717) is 23.2 Å². The average Bonchev–Trinajstić information content (AvgIpc) is 3.11. The number of methoxy groups -OCH3 is 1. The third-order valence-electron chi connectivity index (χ3n) is 2.52. The first-order valence-electron chi connectivity index (χ1n) is 5.54. The third kappa shape index (κ3) is 3.27. The van der Waals surface area contributed by atoms with Crippen molar-refractivity contribution < 1.29 is 14.3 Å². The van der Waals surface area contributed by atoms with Crippen LogP contribution in [0.2, 0.25) is 0 Å². The van der Waals surface area contributed by atoms with Crippen molar-refractivity contribution in [2.45, 2.75) is 18.9 Å². The van der Waals surface area contributed by atoms with E-state index >= 15 is 0 Å². The number of anilines is 1. The number of rotatable bonds is 5. The van der Waals surface area contributed by atoms with Gasteiger partial charge < -0.3 is 20.5 Å². The minimum absolute atomic E-state index is 0.00692. The van der Waals surface area contributed by atoms with Gasteiger partial charge in [-0.3, -0.25) is 4.79 Å². The molecule has 0 aliphatic heterocycles. The molecule has 0 atom stereocenters. The lowest BCUT2D eigenvalue weighted by atomic mass is 10.3. The smallest absolute Gasteiger partial charge is 0.258 e. The van der Waals surface area contributed by atoms with Crippen LogP contribution in [0, 0.1) is 0 Å². The topological polar surface area (TPSA) is 73.6 Å². The number of nitrogen functional groups attached to an aromatic ring is 1. The predicted octanol–water partition coefficient (Wildman–Crippen LogP) is 0.935. The Balaban J connectivity index is 1.87. The van der Waals surface area contributed by atoms with Gasteiger partial charge in [0.25, 0.3) is 5.91 Å². The molecule has 5 nitrogen and oxygen atoms in total. The van der Waals surface area contributed by atoms with E-state index in [0.717, 1.165) is 12.8 Å². The normalized spacial score (nSPS) is 14.2. The molecule has 1 aromatic rings. The standard InChI is InChI=1S/C12H16N2O3/c1-16-9-4-5-11(10(13)6-9)17-7-12(15)14-8-2-3-8/h4-6,8H,2-3,7,13H2,1H3,(H,14,15). The van der Waals surface area contributed by atoms with Crippen molar-refractivity contribution in [1.29, 1.82) is 0 Å². The number of nitrogens with one attached hydrogen (secondary N) is 1. The Morgan fingerprint density at radius 1 is 1.53 bits per heavy atom. The van der Waals surface area contributed by atoms with E-state index in [9.17, 15) is 4.79 Å². The highest BCUT2D eigenvalue weighted by Gasteiger charge is 2.23. The zero-order valence-corrected chi connectivity index (χ0v) is 9.73. The second-order valence-electron chi connectivity index (χ2n) is 4.03. The summed E-state index contributed by atoms with van der Waals surface area (Å²) >= 11 is 0. The Morgan fingerprint density at radius 3 is 2.88 bits per heavy atom. The highest BCUT2D eigenvalue weighted by molar-refractivity contribution is 5.78. The largest absolute Gasteiger partial charge is 0.497 e. The summed E-state index contributed by atoms with van der Waals surface area (Å²) in [6, 6.07) is 5.44. The number of nitrogens with two attached hydrogens (primary N) is 1. The molecule has 0 spiro atoms. The summed E-state index contributed by atoms with van der Waals surface area (Å²) in [6.07, 6.45) is 2.13. The summed E-state index contributed by atoms with van der Waals surface area (Å²) in [5, 5.41) is 2.84. The first kappa shape index (κ1) is 11.6. The predicted molar refractivity (Wildman–Crippen MR) is 64.1 cm³/mol. The molecular formula is C12H16N2O3. The fourth-order valence-electron chi connectivity index (χ4n) is 1.43. The number of carbonyl (C=O) groups is 1. The van der Waals surface area contributed by atoms with Gasteiger partial charge in [-0.1, -0.05) is 0 Å². The molecule has 1 fully saturated rings. The summed E-state index contributed by atoms with van der Waals surface area (Å²) in [4.78, 5) is 11.4. The van der Waals surface area contributed by atoms with Crippen molar-refractivity contribution in [2.24, 2.45) is 0 Å². The maximum absolute atomic E-state index is 11.4. The number of hydrogen-bond donors (Lipinski definition) is 2. The van der Waals surface area contributed by atoms with E-state index in [1.807, 2.05) is 0 Å². The molecule has 0 aromatic heterocycles. The van der Waals surface area contributed by atoms with E-state index in [2.05, 4.69) is 5.32 Å². The number of amides is 1. The first-order valence-corrected chi connectivity index (χ1v) is 5.54. The fraction of sp³-hybridized carbons (Fsp3) is 0.417. The average molecular weight is 236 g/mol. The SMILES string of the molecule is COc1ccc(OCC(=O)NC2CC2)c(N)c1. The molecule has 0 unspecified atom stereocenters. The Kier molecular flexibility index (Phi) is 3.37. The van der Waals surface area contributed by atoms with E-state index in [-0.39, 0.29) is 12.5 Å².